The van der Waals surface area contributed by atoms with Crippen molar-refractivity contribution in [1.29, 1.82) is 0 Å². The first-order valence-electron chi connectivity index (χ1n) is 8.22. The summed E-state index contributed by atoms with van der Waals surface area (Å²) in [4.78, 5) is 16.2. The zero-order valence-electron chi connectivity index (χ0n) is 13.5. The molecule has 1 fully saturated rings. The third-order valence-corrected chi connectivity index (χ3v) is 4.25. The van der Waals surface area contributed by atoms with Gasteiger partial charge in [-0.1, -0.05) is 19.3 Å². The fraction of sp³-hybridized carbons (Fsp3) is 0.333. The molecule has 1 aromatic heterocycles. The molecule has 1 saturated carbocycles. The summed E-state index contributed by atoms with van der Waals surface area (Å²) in [5.74, 6) is -5.08. The van der Waals surface area contributed by atoms with Crippen LogP contribution in [-0.4, -0.2) is 16.9 Å². The normalized spacial score (nSPS) is 15.0. The number of carbonyl (C=O) groups excluding carboxylic acids is 1. The van der Waals surface area contributed by atoms with Crippen molar-refractivity contribution < 1.29 is 18.0 Å². The minimum absolute atomic E-state index is 0.0601. The lowest BCUT2D eigenvalue weighted by Crippen LogP contribution is -2.22. The molecule has 0 aliphatic heterocycles. The Morgan fingerprint density at radius 2 is 1.80 bits per heavy atom. The van der Waals surface area contributed by atoms with E-state index in [0.717, 1.165) is 30.7 Å². The van der Waals surface area contributed by atoms with Crippen LogP contribution in [0.25, 0.3) is 0 Å². The SMILES string of the molecule is O=C(Nc1ccc(F)c(F)c1F)c1cc(NC2CCCCC2)ccn1. The zero-order chi connectivity index (χ0) is 17.8. The van der Waals surface area contributed by atoms with Crippen LogP contribution in [-0.2, 0) is 0 Å². The van der Waals surface area contributed by atoms with Gasteiger partial charge in [-0.2, -0.15) is 0 Å². The third-order valence-electron chi connectivity index (χ3n) is 4.25. The van der Waals surface area contributed by atoms with E-state index in [9.17, 15) is 18.0 Å². The average Bonchev–Trinajstić information content (AvgIpc) is 2.63. The molecule has 0 bridgehead atoms. The van der Waals surface area contributed by atoms with Crippen LogP contribution in [0.4, 0.5) is 24.5 Å². The molecule has 132 valence electrons. The molecular weight excluding hydrogens is 331 g/mol. The Bertz CT molecular complexity index is 776. The highest BCUT2D eigenvalue weighted by molar-refractivity contribution is 6.03. The lowest BCUT2D eigenvalue weighted by atomic mass is 9.95. The molecule has 0 radical (unpaired) electrons. The predicted octanol–water partition coefficient (Wildman–Crippen LogP) is 4.50. The second kappa shape index (κ2) is 7.55. The maximum Gasteiger partial charge on any atom is 0.274 e. The number of nitrogens with one attached hydrogen (secondary N) is 2. The van der Waals surface area contributed by atoms with Gasteiger partial charge in [-0.05, 0) is 37.1 Å². The van der Waals surface area contributed by atoms with E-state index < -0.39 is 29.0 Å². The van der Waals surface area contributed by atoms with Gasteiger partial charge >= 0.3 is 0 Å². The highest BCUT2D eigenvalue weighted by Gasteiger charge is 2.18. The molecule has 2 N–H and O–H groups in total. The van der Waals surface area contributed by atoms with Crippen LogP contribution >= 0.6 is 0 Å². The number of carbonyl (C=O) groups is 1. The van der Waals surface area contributed by atoms with Gasteiger partial charge in [0.2, 0.25) is 0 Å². The number of benzene rings is 1. The molecule has 1 heterocycles. The topological polar surface area (TPSA) is 54.0 Å². The van der Waals surface area contributed by atoms with Crippen molar-refractivity contribution >= 4 is 17.3 Å². The van der Waals surface area contributed by atoms with Crippen LogP contribution in [0.2, 0.25) is 0 Å². The molecule has 0 saturated heterocycles. The Labute approximate surface area is 143 Å². The van der Waals surface area contributed by atoms with Gasteiger partial charge in [-0.25, -0.2) is 13.2 Å². The monoisotopic (exact) mass is 349 g/mol. The molecule has 0 atom stereocenters. The van der Waals surface area contributed by atoms with Crippen LogP contribution in [0.3, 0.4) is 0 Å². The molecule has 1 amide bonds. The Morgan fingerprint density at radius 1 is 1.04 bits per heavy atom. The number of amides is 1. The summed E-state index contributed by atoms with van der Waals surface area (Å²) in [6.07, 6.45) is 7.20. The van der Waals surface area contributed by atoms with E-state index >= 15 is 0 Å². The maximum atomic E-state index is 13.7. The molecule has 0 unspecified atom stereocenters. The molecule has 25 heavy (non-hydrogen) atoms. The fourth-order valence-electron chi connectivity index (χ4n) is 2.94. The number of anilines is 2. The van der Waals surface area contributed by atoms with E-state index in [1.165, 1.54) is 25.5 Å². The van der Waals surface area contributed by atoms with Gasteiger partial charge in [0.15, 0.2) is 17.5 Å². The molecule has 7 heteroatoms. The highest BCUT2D eigenvalue weighted by atomic mass is 19.2. The summed E-state index contributed by atoms with van der Waals surface area (Å²) in [6.45, 7) is 0. The van der Waals surface area contributed by atoms with Crippen LogP contribution < -0.4 is 10.6 Å². The van der Waals surface area contributed by atoms with Crippen molar-refractivity contribution in [2.45, 2.75) is 38.1 Å². The molecular formula is C18H18F3N3O. The number of aromatic nitrogens is 1. The first kappa shape index (κ1) is 17.3. The summed E-state index contributed by atoms with van der Waals surface area (Å²) in [5, 5.41) is 5.58. The summed E-state index contributed by atoms with van der Waals surface area (Å²) in [6, 6.07) is 5.39. The molecule has 4 nitrogen and oxygen atoms in total. The average molecular weight is 349 g/mol. The predicted molar refractivity (Wildman–Crippen MR) is 89.0 cm³/mol. The summed E-state index contributed by atoms with van der Waals surface area (Å²) < 4.78 is 39.9. The van der Waals surface area contributed by atoms with E-state index in [1.54, 1.807) is 12.1 Å². The van der Waals surface area contributed by atoms with Gasteiger partial charge in [0, 0.05) is 17.9 Å². The Balaban J connectivity index is 1.72. The van der Waals surface area contributed by atoms with Gasteiger partial charge in [0.1, 0.15) is 5.69 Å². The van der Waals surface area contributed by atoms with Crippen molar-refractivity contribution in [3.63, 3.8) is 0 Å². The van der Waals surface area contributed by atoms with Crippen molar-refractivity contribution in [3.8, 4) is 0 Å². The molecule has 1 aromatic carbocycles. The zero-order valence-corrected chi connectivity index (χ0v) is 13.5. The number of hydrogen-bond acceptors (Lipinski definition) is 3. The van der Waals surface area contributed by atoms with Crippen molar-refractivity contribution in [2.75, 3.05) is 10.6 Å². The number of halogens is 3. The molecule has 1 aliphatic carbocycles. The van der Waals surface area contributed by atoms with Crippen LogP contribution in [0.1, 0.15) is 42.6 Å². The number of hydrogen-bond donors (Lipinski definition) is 2. The number of nitrogens with zero attached hydrogens (tertiary/aromatic N) is 1. The number of pyridine rings is 1. The second-order valence-corrected chi connectivity index (χ2v) is 6.09. The smallest absolute Gasteiger partial charge is 0.274 e. The number of rotatable bonds is 4. The van der Waals surface area contributed by atoms with Gasteiger partial charge in [-0.3, -0.25) is 9.78 Å². The molecule has 3 rings (SSSR count). The first-order valence-corrected chi connectivity index (χ1v) is 8.22. The molecule has 2 aromatic rings. The minimum Gasteiger partial charge on any atom is -0.382 e. The summed E-state index contributed by atoms with van der Waals surface area (Å²) in [7, 11) is 0. The van der Waals surface area contributed by atoms with Crippen molar-refractivity contribution in [1.82, 2.24) is 4.98 Å². The van der Waals surface area contributed by atoms with Gasteiger partial charge < -0.3 is 10.6 Å². The first-order chi connectivity index (χ1) is 12.0. The van der Waals surface area contributed by atoms with E-state index in [1.807, 2.05) is 0 Å². The van der Waals surface area contributed by atoms with E-state index in [0.29, 0.717) is 6.04 Å². The van der Waals surface area contributed by atoms with E-state index in [4.69, 9.17) is 0 Å². The summed E-state index contributed by atoms with van der Waals surface area (Å²) in [5.41, 5.74) is 0.374. The largest absolute Gasteiger partial charge is 0.382 e. The maximum absolute atomic E-state index is 13.7. The van der Waals surface area contributed by atoms with Gasteiger partial charge in [0.25, 0.3) is 5.91 Å². The van der Waals surface area contributed by atoms with Crippen LogP contribution in [0.15, 0.2) is 30.5 Å². The van der Waals surface area contributed by atoms with Crippen molar-refractivity contribution in [2.24, 2.45) is 0 Å². The van der Waals surface area contributed by atoms with E-state index in [-0.39, 0.29) is 5.69 Å². The second-order valence-electron chi connectivity index (χ2n) is 6.09. The molecule has 0 spiro atoms. The fourth-order valence-corrected chi connectivity index (χ4v) is 2.94. The lowest BCUT2D eigenvalue weighted by Gasteiger charge is -2.23. The standard InChI is InChI=1S/C18H18F3N3O/c19-13-6-7-14(17(21)16(13)20)24-18(25)15-10-12(8-9-22-15)23-11-4-2-1-3-5-11/h6-11H,1-5H2,(H,22,23)(H,24,25). The Hall–Kier alpha value is -2.57. The van der Waals surface area contributed by atoms with Gasteiger partial charge in [0.05, 0.1) is 5.69 Å². The van der Waals surface area contributed by atoms with Crippen molar-refractivity contribution in [3.05, 3.63) is 53.6 Å². The molecule has 1 aliphatic rings. The summed E-state index contributed by atoms with van der Waals surface area (Å²) >= 11 is 0. The van der Waals surface area contributed by atoms with E-state index in [2.05, 4.69) is 15.6 Å². The van der Waals surface area contributed by atoms with Gasteiger partial charge in [-0.15, -0.1) is 0 Å². The quantitative estimate of drug-likeness (QED) is 0.800. The Kier molecular flexibility index (Phi) is 5.21. The highest BCUT2D eigenvalue weighted by Crippen LogP contribution is 2.23. The Morgan fingerprint density at radius 3 is 2.56 bits per heavy atom. The van der Waals surface area contributed by atoms with Crippen LogP contribution in [0.5, 0.6) is 0 Å². The third kappa shape index (κ3) is 4.10. The lowest BCUT2D eigenvalue weighted by molar-refractivity contribution is 0.102. The van der Waals surface area contributed by atoms with Crippen LogP contribution in [0, 0.1) is 17.5 Å². The minimum atomic E-state index is -1.63.